The summed E-state index contributed by atoms with van der Waals surface area (Å²) < 4.78 is 0. The fraction of sp³-hybridized carbons (Fsp3) is 0.429. The van der Waals surface area contributed by atoms with Gasteiger partial charge in [0.15, 0.2) is 0 Å². The molecule has 0 spiro atoms. The van der Waals surface area contributed by atoms with Gasteiger partial charge in [0.25, 0.3) is 0 Å². The van der Waals surface area contributed by atoms with Gasteiger partial charge in [0.2, 0.25) is 5.91 Å². The second-order valence-electron chi connectivity index (χ2n) is 4.59. The standard InChI is InChI=1S/C14H16N2OS/c15-11-14(8-2-1-3-9-14)16-13(17)7-6-12-5-4-10-18-12/h4-7,10H,1-3,8-9H2,(H,16,17)/b7-6+. The summed E-state index contributed by atoms with van der Waals surface area (Å²) in [4.78, 5) is 12.9. The maximum atomic E-state index is 11.8. The third-order valence-corrected chi connectivity index (χ3v) is 4.06. The highest BCUT2D eigenvalue weighted by atomic mass is 32.1. The van der Waals surface area contributed by atoms with Crippen molar-refractivity contribution in [1.29, 1.82) is 5.26 Å². The summed E-state index contributed by atoms with van der Waals surface area (Å²) in [5.74, 6) is -0.174. The molecule has 0 saturated heterocycles. The topological polar surface area (TPSA) is 52.9 Å². The Hall–Kier alpha value is -1.60. The first kappa shape index (κ1) is 12.8. The highest BCUT2D eigenvalue weighted by Gasteiger charge is 2.32. The molecule has 0 radical (unpaired) electrons. The molecule has 1 heterocycles. The molecule has 1 N–H and O–H groups in total. The lowest BCUT2D eigenvalue weighted by Crippen LogP contribution is -2.48. The van der Waals surface area contributed by atoms with Gasteiger partial charge in [-0.15, -0.1) is 11.3 Å². The SMILES string of the molecule is N#CC1(NC(=O)/C=C/c2cccs2)CCCCC1. The van der Waals surface area contributed by atoms with E-state index in [4.69, 9.17) is 0 Å². The molecule has 0 bridgehead atoms. The van der Waals surface area contributed by atoms with E-state index in [2.05, 4.69) is 11.4 Å². The number of nitriles is 1. The van der Waals surface area contributed by atoms with Crippen molar-refractivity contribution in [2.45, 2.75) is 37.6 Å². The normalized spacial score (nSPS) is 18.4. The third kappa shape index (κ3) is 3.21. The van der Waals surface area contributed by atoms with Crippen LogP contribution in [0, 0.1) is 11.3 Å². The van der Waals surface area contributed by atoms with E-state index in [1.165, 1.54) is 6.08 Å². The van der Waals surface area contributed by atoms with Crippen molar-refractivity contribution in [2.24, 2.45) is 0 Å². The van der Waals surface area contributed by atoms with Crippen molar-refractivity contribution < 1.29 is 4.79 Å². The second kappa shape index (κ2) is 5.83. The van der Waals surface area contributed by atoms with Crippen LogP contribution in [0.2, 0.25) is 0 Å². The van der Waals surface area contributed by atoms with E-state index in [0.717, 1.165) is 37.0 Å². The van der Waals surface area contributed by atoms with Gasteiger partial charge >= 0.3 is 0 Å². The summed E-state index contributed by atoms with van der Waals surface area (Å²) in [6.07, 6.45) is 8.02. The number of carbonyl (C=O) groups is 1. The lowest BCUT2D eigenvalue weighted by Gasteiger charge is -2.30. The second-order valence-corrected chi connectivity index (χ2v) is 5.57. The molecule has 1 fully saturated rings. The predicted molar refractivity (Wildman–Crippen MR) is 72.9 cm³/mol. The minimum Gasteiger partial charge on any atom is -0.334 e. The molecule has 18 heavy (non-hydrogen) atoms. The molecule has 0 unspecified atom stereocenters. The van der Waals surface area contributed by atoms with Crippen molar-refractivity contribution in [3.05, 3.63) is 28.5 Å². The Bertz CT molecular complexity index is 464. The van der Waals surface area contributed by atoms with Crippen LogP contribution in [0.5, 0.6) is 0 Å². The quantitative estimate of drug-likeness (QED) is 0.849. The Morgan fingerprint density at radius 2 is 2.22 bits per heavy atom. The van der Waals surface area contributed by atoms with Crippen LogP contribution in [0.1, 0.15) is 37.0 Å². The van der Waals surface area contributed by atoms with E-state index in [9.17, 15) is 10.1 Å². The predicted octanol–water partition coefficient (Wildman–Crippen LogP) is 3.10. The summed E-state index contributed by atoms with van der Waals surface area (Å²) in [7, 11) is 0. The van der Waals surface area contributed by atoms with Gasteiger partial charge in [-0.05, 0) is 30.4 Å². The van der Waals surface area contributed by atoms with Gasteiger partial charge in [-0.3, -0.25) is 4.79 Å². The largest absolute Gasteiger partial charge is 0.334 e. The van der Waals surface area contributed by atoms with Gasteiger partial charge in [0.1, 0.15) is 5.54 Å². The first-order chi connectivity index (χ1) is 8.74. The number of carbonyl (C=O) groups excluding carboxylic acids is 1. The van der Waals surface area contributed by atoms with Crippen LogP contribution in [0.25, 0.3) is 6.08 Å². The van der Waals surface area contributed by atoms with Crippen molar-refractivity contribution in [3.8, 4) is 6.07 Å². The average molecular weight is 260 g/mol. The number of nitrogens with one attached hydrogen (secondary N) is 1. The zero-order valence-electron chi connectivity index (χ0n) is 10.2. The van der Waals surface area contributed by atoms with Crippen LogP contribution in [0.3, 0.4) is 0 Å². The summed E-state index contributed by atoms with van der Waals surface area (Å²) >= 11 is 1.58. The van der Waals surface area contributed by atoms with E-state index < -0.39 is 5.54 Å². The molecule has 1 amide bonds. The zero-order chi connectivity index (χ0) is 12.8. The van der Waals surface area contributed by atoms with Crippen LogP contribution < -0.4 is 5.32 Å². The van der Waals surface area contributed by atoms with Crippen LogP contribution >= 0.6 is 11.3 Å². The Morgan fingerprint density at radius 1 is 1.44 bits per heavy atom. The zero-order valence-corrected chi connectivity index (χ0v) is 11.0. The first-order valence-electron chi connectivity index (χ1n) is 6.19. The molecule has 0 aromatic carbocycles. The minimum atomic E-state index is -0.644. The van der Waals surface area contributed by atoms with Gasteiger partial charge in [0.05, 0.1) is 6.07 Å². The smallest absolute Gasteiger partial charge is 0.245 e. The summed E-state index contributed by atoms with van der Waals surface area (Å²) in [6.45, 7) is 0. The van der Waals surface area contributed by atoms with E-state index in [1.54, 1.807) is 17.4 Å². The van der Waals surface area contributed by atoms with Gasteiger partial charge < -0.3 is 5.32 Å². The highest BCUT2D eigenvalue weighted by molar-refractivity contribution is 7.10. The van der Waals surface area contributed by atoms with Gasteiger partial charge in [-0.2, -0.15) is 5.26 Å². The molecule has 1 aromatic heterocycles. The first-order valence-corrected chi connectivity index (χ1v) is 7.07. The highest BCUT2D eigenvalue weighted by Crippen LogP contribution is 2.27. The molecule has 3 nitrogen and oxygen atoms in total. The van der Waals surface area contributed by atoms with Crippen LogP contribution in [0.15, 0.2) is 23.6 Å². The fourth-order valence-corrected chi connectivity index (χ4v) is 2.86. The minimum absolute atomic E-state index is 0.174. The molecule has 94 valence electrons. The maximum Gasteiger partial charge on any atom is 0.245 e. The molecule has 4 heteroatoms. The Morgan fingerprint density at radius 3 is 2.83 bits per heavy atom. The maximum absolute atomic E-state index is 11.8. The van der Waals surface area contributed by atoms with E-state index >= 15 is 0 Å². The lowest BCUT2D eigenvalue weighted by molar-refractivity contribution is -0.118. The number of hydrogen-bond donors (Lipinski definition) is 1. The Labute approximate surface area is 111 Å². The number of nitrogens with zero attached hydrogens (tertiary/aromatic N) is 1. The number of amides is 1. The summed E-state index contributed by atoms with van der Waals surface area (Å²) in [6, 6.07) is 6.18. The van der Waals surface area contributed by atoms with Gasteiger partial charge in [-0.25, -0.2) is 0 Å². The van der Waals surface area contributed by atoms with Crippen molar-refractivity contribution in [1.82, 2.24) is 5.32 Å². The third-order valence-electron chi connectivity index (χ3n) is 3.23. The molecule has 2 rings (SSSR count). The Balaban J connectivity index is 1.96. The molecular formula is C14H16N2OS. The summed E-state index contributed by atoms with van der Waals surface area (Å²) in [5, 5.41) is 14.1. The van der Waals surface area contributed by atoms with Crippen molar-refractivity contribution >= 4 is 23.3 Å². The van der Waals surface area contributed by atoms with Gasteiger partial charge in [-0.1, -0.05) is 25.3 Å². The molecule has 0 aliphatic heterocycles. The monoisotopic (exact) mass is 260 g/mol. The van der Waals surface area contributed by atoms with Crippen LogP contribution in [-0.2, 0) is 4.79 Å². The van der Waals surface area contributed by atoms with E-state index in [1.807, 2.05) is 17.5 Å². The molecular weight excluding hydrogens is 244 g/mol. The molecule has 1 saturated carbocycles. The van der Waals surface area contributed by atoms with Crippen LogP contribution in [0.4, 0.5) is 0 Å². The van der Waals surface area contributed by atoms with Crippen LogP contribution in [-0.4, -0.2) is 11.4 Å². The van der Waals surface area contributed by atoms with Crippen molar-refractivity contribution in [3.63, 3.8) is 0 Å². The van der Waals surface area contributed by atoms with Crippen molar-refractivity contribution in [2.75, 3.05) is 0 Å². The summed E-state index contributed by atoms with van der Waals surface area (Å²) in [5.41, 5.74) is -0.644. The molecule has 0 atom stereocenters. The van der Waals surface area contributed by atoms with E-state index in [0.29, 0.717) is 0 Å². The average Bonchev–Trinajstić information content (AvgIpc) is 2.91. The fourth-order valence-electron chi connectivity index (χ4n) is 2.24. The number of hydrogen-bond acceptors (Lipinski definition) is 3. The van der Waals surface area contributed by atoms with E-state index in [-0.39, 0.29) is 5.91 Å². The lowest BCUT2D eigenvalue weighted by atomic mass is 9.83. The van der Waals surface area contributed by atoms with Gasteiger partial charge in [0, 0.05) is 11.0 Å². The Kier molecular flexibility index (Phi) is 4.16. The molecule has 1 aromatic rings. The molecule has 1 aliphatic carbocycles. The number of thiophene rings is 1. The number of rotatable bonds is 3. The molecule has 1 aliphatic rings.